The molecule has 0 bridgehead atoms. The second kappa shape index (κ2) is 2.94. The fourth-order valence-electron chi connectivity index (χ4n) is 1.38. The minimum absolute atomic E-state index is 0.551. The van der Waals surface area contributed by atoms with E-state index < -0.39 is 0 Å². The zero-order valence-electron chi connectivity index (χ0n) is 7.63. The van der Waals surface area contributed by atoms with Gasteiger partial charge in [-0.3, -0.25) is 0 Å². The summed E-state index contributed by atoms with van der Waals surface area (Å²) in [5.41, 5.74) is 0. The number of imidazole rings is 1. The van der Waals surface area contributed by atoms with Crippen molar-refractivity contribution in [2.24, 2.45) is 0 Å². The van der Waals surface area contributed by atoms with Crippen molar-refractivity contribution in [1.82, 2.24) is 19.7 Å². The van der Waals surface area contributed by atoms with Crippen molar-refractivity contribution in [3.8, 4) is 0 Å². The molecule has 1 fully saturated rings. The first-order valence-electron chi connectivity index (χ1n) is 4.70. The largest absolute Gasteiger partial charge is 0.337 e. The Morgan fingerprint density at radius 3 is 3.14 bits per heavy atom. The Balaban J connectivity index is 1.76. The number of nitrogens with zero attached hydrogens (tertiary/aromatic N) is 4. The van der Waals surface area contributed by atoms with Crippen LogP contribution in [0.1, 0.15) is 30.5 Å². The maximum absolute atomic E-state index is 5.13. The van der Waals surface area contributed by atoms with Crippen LogP contribution in [0.4, 0.5) is 0 Å². The van der Waals surface area contributed by atoms with Crippen molar-refractivity contribution >= 4 is 0 Å². The van der Waals surface area contributed by atoms with Crippen LogP contribution in [0.15, 0.2) is 23.2 Å². The molecule has 2 aromatic rings. The van der Waals surface area contributed by atoms with Crippen molar-refractivity contribution in [3.05, 3.63) is 30.4 Å². The van der Waals surface area contributed by atoms with Gasteiger partial charge in [-0.15, -0.1) is 0 Å². The first-order valence-corrected chi connectivity index (χ1v) is 4.70. The van der Waals surface area contributed by atoms with Gasteiger partial charge in [0.2, 0.25) is 5.89 Å². The van der Waals surface area contributed by atoms with E-state index in [1.165, 1.54) is 12.8 Å². The molecular weight excluding hydrogens is 180 g/mol. The van der Waals surface area contributed by atoms with E-state index in [0.717, 1.165) is 5.82 Å². The van der Waals surface area contributed by atoms with Crippen molar-refractivity contribution < 1.29 is 4.52 Å². The molecule has 0 atom stereocenters. The number of hydrogen-bond acceptors (Lipinski definition) is 4. The lowest BCUT2D eigenvalue weighted by Crippen LogP contribution is -1.96. The molecular formula is C9H10N4O. The van der Waals surface area contributed by atoms with Gasteiger partial charge >= 0.3 is 0 Å². The van der Waals surface area contributed by atoms with Gasteiger partial charge in [-0.2, -0.15) is 4.98 Å². The minimum atomic E-state index is 0.551. The summed E-state index contributed by atoms with van der Waals surface area (Å²) >= 11 is 0. The first kappa shape index (κ1) is 7.73. The van der Waals surface area contributed by atoms with Gasteiger partial charge in [0.25, 0.3) is 0 Å². The molecule has 5 nitrogen and oxygen atoms in total. The number of hydrogen-bond donors (Lipinski definition) is 0. The van der Waals surface area contributed by atoms with Crippen LogP contribution in [0, 0.1) is 0 Å². The summed E-state index contributed by atoms with van der Waals surface area (Å²) in [5, 5.41) is 3.94. The fourth-order valence-corrected chi connectivity index (χ4v) is 1.38. The summed E-state index contributed by atoms with van der Waals surface area (Å²) in [6.07, 6.45) is 7.74. The maximum Gasteiger partial charge on any atom is 0.246 e. The smallest absolute Gasteiger partial charge is 0.246 e. The summed E-state index contributed by atoms with van der Waals surface area (Å²) in [7, 11) is 0. The second-order valence-corrected chi connectivity index (χ2v) is 3.56. The molecule has 0 aromatic carbocycles. The molecule has 14 heavy (non-hydrogen) atoms. The topological polar surface area (TPSA) is 56.7 Å². The van der Waals surface area contributed by atoms with Crippen LogP contribution in [0.5, 0.6) is 0 Å². The molecule has 2 aromatic heterocycles. The Kier molecular flexibility index (Phi) is 1.62. The average Bonchev–Trinajstić information content (AvgIpc) is 2.75. The van der Waals surface area contributed by atoms with E-state index in [1.807, 2.05) is 10.8 Å². The Morgan fingerprint density at radius 1 is 1.50 bits per heavy atom. The van der Waals surface area contributed by atoms with Gasteiger partial charge in [0, 0.05) is 18.3 Å². The molecule has 0 amide bonds. The molecule has 0 unspecified atom stereocenters. The third-order valence-electron chi connectivity index (χ3n) is 2.30. The normalized spacial score (nSPS) is 16.0. The third-order valence-corrected chi connectivity index (χ3v) is 2.30. The highest BCUT2D eigenvalue weighted by atomic mass is 16.5. The number of rotatable bonds is 3. The Hall–Kier alpha value is -1.65. The zero-order chi connectivity index (χ0) is 9.38. The predicted molar refractivity (Wildman–Crippen MR) is 47.6 cm³/mol. The highest BCUT2D eigenvalue weighted by Gasteiger charge is 2.28. The highest BCUT2D eigenvalue weighted by Crippen LogP contribution is 2.38. The minimum Gasteiger partial charge on any atom is -0.337 e. The third kappa shape index (κ3) is 1.41. The predicted octanol–water partition coefficient (Wildman–Crippen LogP) is 1.19. The van der Waals surface area contributed by atoms with E-state index >= 15 is 0 Å². The van der Waals surface area contributed by atoms with E-state index in [1.54, 1.807) is 12.5 Å². The fraction of sp³-hybridized carbons (Fsp3) is 0.444. The lowest BCUT2D eigenvalue weighted by molar-refractivity contribution is 0.366. The molecule has 0 spiro atoms. The molecule has 3 rings (SSSR count). The second-order valence-electron chi connectivity index (χ2n) is 3.56. The molecule has 1 saturated carbocycles. The van der Waals surface area contributed by atoms with E-state index in [4.69, 9.17) is 4.52 Å². The van der Waals surface area contributed by atoms with E-state index in [0.29, 0.717) is 18.4 Å². The van der Waals surface area contributed by atoms with Gasteiger partial charge < -0.3 is 9.09 Å². The van der Waals surface area contributed by atoms with E-state index in [2.05, 4.69) is 15.1 Å². The van der Waals surface area contributed by atoms with Crippen molar-refractivity contribution in [3.63, 3.8) is 0 Å². The van der Waals surface area contributed by atoms with Gasteiger partial charge in [0.05, 0.1) is 6.33 Å². The SMILES string of the molecule is c1cn(Cc2nc(C3CC3)no2)cn1. The van der Waals surface area contributed by atoms with Crippen LogP contribution in [0.3, 0.4) is 0 Å². The standard InChI is InChI=1S/C9H10N4O/c1-2-7(1)9-11-8(14-12-9)5-13-4-3-10-6-13/h3-4,6-7H,1-2,5H2. The molecule has 2 heterocycles. The quantitative estimate of drug-likeness (QED) is 0.729. The van der Waals surface area contributed by atoms with Crippen molar-refractivity contribution in [2.45, 2.75) is 25.3 Å². The van der Waals surface area contributed by atoms with Crippen LogP contribution < -0.4 is 0 Å². The first-order chi connectivity index (χ1) is 6.92. The van der Waals surface area contributed by atoms with Gasteiger partial charge in [-0.25, -0.2) is 4.98 Å². The molecule has 1 aliphatic rings. The number of aromatic nitrogens is 4. The summed E-state index contributed by atoms with van der Waals surface area (Å²) in [5.74, 6) is 2.07. The molecule has 5 heteroatoms. The van der Waals surface area contributed by atoms with Gasteiger partial charge in [-0.05, 0) is 12.8 Å². The summed E-state index contributed by atoms with van der Waals surface area (Å²) < 4.78 is 7.04. The lowest BCUT2D eigenvalue weighted by atomic mass is 10.4. The van der Waals surface area contributed by atoms with E-state index in [-0.39, 0.29) is 0 Å². The van der Waals surface area contributed by atoms with Gasteiger partial charge in [0.1, 0.15) is 6.54 Å². The van der Waals surface area contributed by atoms with Gasteiger partial charge in [0.15, 0.2) is 5.82 Å². The Bertz CT molecular complexity index is 416. The average molecular weight is 190 g/mol. The highest BCUT2D eigenvalue weighted by molar-refractivity contribution is 5.03. The maximum atomic E-state index is 5.13. The molecule has 0 radical (unpaired) electrons. The van der Waals surface area contributed by atoms with E-state index in [9.17, 15) is 0 Å². The lowest BCUT2D eigenvalue weighted by Gasteiger charge is -1.93. The molecule has 1 aliphatic carbocycles. The summed E-state index contributed by atoms with van der Waals surface area (Å²) in [4.78, 5) is 8.27. The van der Waals surface area contributed by atoms with Crippen LogP contribution >= 0.6 is 0 Å². The van der Waals surface area contributed by atoms with Crippen LogP contribution in [-0.4, -0.2) is 19.7 Å². The van der Waals surface area contributed by atoms with Crippen molar-refractivity contribution in [2.75, 3.05) is 0 Å². The van der Waals surface area contributed by atoms with Crippen molar-refractivity contribution in [1.29, 1.82) is 0 Å². The summed E-state index contributed by atoms with van der Waals surface area (Å²) in [6.45, 7) is 0.611. The van der Waals surface area contributed by atoms with Crippen LogP contribution in [0.2, 0.25) is 0 Å². The monoisotopic (exact) mass is 190 g/mol. The molecule has 0 saturated heterocycles. The summed E-state index contributed by atoms with van der Waals surface area (Å²) in [6, 6.07) is 0. The molecule has 72 valence electrons. The Labute approximate surface area is 80.8 Å². The Morgan fingerprint density at radius 2 is 2.43 bits per heavy atom. The van der Waals surface area contributed by atoms with Crippen LogP contribution in [-0.2, 0) is 6.54 Å². The molecule has 0 aliphatic heterocycles. The van der Waals surface area contributed by atoms with Gasteiger partial charge in [-0.1, -0.05) is 5.16 Å². The zero-order valence-corrected chi connectivity index (χ0v) is 7.63. The molecule has 0 N–H and O–H groups in total. The van der Waals surface area contributed by atoms with Crippen LogP contribution in [0.25, 0.3) is 0 Å².